The average molecular weight is 399 g/mol. The first-order valence-corrected chi connectivity index (χ1v) is 10.5. The van der Waals surface area contributed by atoms with Crippen molar-refractivity contribution < 1.29 is 9.15 Å². The van der Waals surface area contributed by atoms with Gasteiger partial charge in [-0.1, -0.05) is 42.5 Å². The molecule has 1 aliphatic heterocycles. The van der Waals surface area contributed by atoms with Crippen LogP contribution in [0.15, 0.2) is 65.3 Å². The number of methoxy groups -OCH3 is 1. The topological polar surface area (TPSA) is 60.2 Å². The molecule has 4 aromatic rings. The van der Waals surface area contributed by atoms with E-state index in [1.165, 1.54) is 12.8 Å². The van der Waals surface area contributed by atoms with Crippen LogP contribution < -0.4 is 10.1 Å². The number of fused-ring (bicyclic) bond motifs is 1. The van der Waals surface area contributed by atoms with E-state index in [4.69, 9.17) is 9.15 Å². The van der Waals surface area contributed by atoms with Crippen LogP contribution in [-0.2, 0) is 6.42 Å². The highest BCUT2D eigenvalue weighted by Crippen LogP contribution is 2.41. The summed E-state index contributed by atoms with van der Waals surface area (Å²) in [7, 11) is 1.68. The molecule has 5 heteroatoms. The van der Waals surface area contributed by atoms with E-state index in [9.17, 15) is 0 Å². The molecule has 1 aliphatic rings. The zero-order chi connectivity index (χ0) is 20.3. The molecule has 2 aromatic carbocycles. The second-order valence-corrected chi connectivity index (χ2v) is 7.73. The second kappa shape index (κ2) is 8.28. The maximum absolute atomic E-state index is 6.31. The molecular weight excluding hydrogens is 374 g/mol. The fraction of sp³-hybridized carbons (Fsp3) is 0.280. The van der Waals surface area contributed by atoms with E-state index in [-0.39, 0.29) is 0 Å². The molecule has 0 saturated carbocycles. The van der Waals surface area contributed by atoms with Gasteiger partial charge in [0.2, 0.25) is 5.71 Å². The van der Waals surface area contributed by atoms with Crippen molar-refractivity contribution in [3.05, 3.63) is 66.6 Å². The molecule has 3 heterocycles. The number of ether oxygens (including phenoxy) is 1. The van der Waals surface area contributed by atoms with Crippen molar-refractivity contribution in [1.29, 1.82) is 0 Å². The largest absolute Gasteiger partial charge is 0.497 e. The third-order valence-electron chi connectivity index (χ3n) is 5.87. The number of furan rings is 1. The summed E-state index contributed by atoms with van der Waals surface area (Å²) in [5.74, 6) is 1.66. The van der Waals surface area contributed by atoms with Gasteiger partial charge in [0, 0.05) is 17.2 Å². The summed E-state index contributed by atoms with van der Waals surface area (Å²) in [5.41, 5.74) is 4.84. The van der Waals surface area contributed by atoms with Crippen molar-refractivity contribution in [1.82, 2.24) is 15.3 Å². The van der Waals surface area contributed by atoms with E-state index in [1.54, 1.807) is 13.4 Å². The highest BCUT2D eigenvalue weighted by molar-refractivity contribution is 6.01. The maximum Gasteiger partial charge on any atom is 0.230 e. The second-order valence-electron chi connectivity index (χ2n) is 7.73. The van der Waals surface area contributed by atoms with Gasteiger partial charge in [-0.15, -0.1) is 0 Å². The lowest BCUT2D eigenvalue weighted by atomic mass is 9.96. The van der Waals surface area contributed by atoms with E-state index in [0.29, 0.717) is 11.8 Å². The van der Waals surface area contributed by atoms with Gasteiger partial charge in [0.25, 0.3) is 0 Å². The predicted molar refractivity (Wildman–Crippen MR) is 119 cm³/mol. The normalized spacial score (nSPS) is 16.2. The number of benzene rings is 2. The number of hydrogen-bond acceptors (Lipinski definition) is 5. The van der Waals surface area contributed by atoms with E-state index in [2.05, 4.69) is 39.6 Å². The third kappa shape index (κ3) is 3.57. The standard InChI is InChI=1S/C25H25N3O2/c1-29-20-12-9-17(10-13-20)22-23-21(14-11-19-8-5-15-26-19)27-16-28-25(23)30-24(22)18-6-3-2-4-7-18/h2-4,6-7,9-10,12-13,16,19,26H,5,8,11,14-15H2,1H3. The van der Waals surface area contributed by atoms with Gasteiger partial charge in [-0.2, -0.15) is 0 Å². The summed E-state index contributed by atoms with van der Waals surface area (Å²) >= 11 is 0. The minimum absolute atomic E-state index is 0.569. The molecule has 5 nitrogen and oxygen atoms in total. The highest BCUT2D eigenvalue weighted by atomic mass is 16.5. The van der Waals surface area contributed by atoms with Gasteiger partial charge < -0.3 is 14.5 Å². The van der Waals surface area contributed by atoms with Crippen LogP contribution in [0.4, 0.5) is 0 Å². The Labute approximate surface area is 176 Å². The van der Waals surface area contributed by atoms with Crippen LogP contribution in [-0.4, -0.2) is 29.7 Å². The molecule has 0 radical (unpaired) electrons. The van der Waals surface area contributed by atoms with Crippen LogP contribution in [0.25, 0.3) is 33.6 Å². The molecular formula is C25H25N3O2. The molecule has 1 fully saturated rings. The summed E-state index contributed by atoms with van der Waals surface area (Å²) in [6, 6.07) is 18.9. The van der Waals surface area contributed by atoms with Crippen molar-refractivity contribution in [2.45, 2.75) is 31.7 Å². The Morgan fingerprint density at radius 2 is 1.87 bits per heavy atom. The van der Waals surface area contributed by atoms with Crippen molar-refractivity contribution in [2.75, 3.05) is 13.7 Å². The maximum atomic E-state index is 6.31. The average Bonchev–Trinajstić information content (AvgIpc) is 3.46. The Kier molecular flexibility index (Phi) is 5.20. The number of nitrogens with one attached hydrogen (secondary N) is 1. The lowest BCUT2D eigenvalue weighted by Gasteiger charge is -2.10. The summed E-state index contributed by atoms with van der Waals surface area (Å²) in [4.78, 5) is 9.14. The number of aromatic nitrogens is 2. The monoisotopic (exact) mass is 399 g/mol. The molecule has 152 valence electrons. The van der Waals surface area contributed by atoms with Crippen LogP contribution in [0.3, 0.4) is 0 Å². The van der Waals surface area contributed by atoms with E-state index >= 15 is 0 Å². The van der Waals surface area contributed by atoms with Crippen molar-refractivity contribution in [3.8, 4) is 28.2 Å². The van der Waals surface area contributed by atoms with Crippen LogP contribution in [0, 0.1) is 0 Å². The van der Waals surface area contributed by atoms with E-state index < -0.39 is 0 Å². The summed E-state index contributed by atoms with van der Waals surface area (Å²) in [6.45, 7) is 1.12. The smallest absolute Gasteiger partial charge is 0.230 e. The fourth-order valence-electron chi connectivity index (χ4n) is 4.32. The number of nitrogens with zero attached hydrogens (tertiary/aromatic N) is 2. The molecule has 1 unspecified atom stereocenters. The Bertz CT molecular complexity index is 1130. The molecule has 0 bridgehead atoms. The Hall–Kier alpha value is -3.18. The zero-order valence-corrected chi connectivity index (χ0v) is 17.1. The number of rotatable bonds is 6. The van der Waals surface area contributed by atoms with Gasteiger partial charge in [-0.25, -0.2) is 9.97 Å². The predicted octanol–water partition coefficient (Wildman–Crippen LogP) is 5.25. The van der Waals surface area contributed by atoms with E-state index in [0.717, 1.165) is 58.7 Å². The van der Waals surface area contributed by atoms with Gasteiger partial charge in [0.05, 0.1) is 18.2 Å². The Morgan fingerprint density at radius 3 is 2.60 bits per heavy atom. The molecule has 30 heavy (non-hydrogen) atoms. The lowest BCUT2D eigenvalue weighted by Crippen LogP contribution is -2.21. The molecule has 0 amide bonds. The van der Waals surface area contributed by atoms with E-state index in [1.807, 2.05) is 30.3 Å². The van der Waals surface area contributed by atoms with Crippen LogP contribution in [0.5, 0.6) is 5.75 Å². The van der Waals surface area contributed by atoms with Gasteiger partial charge in [-0.3, -0.25) is 0 Å². The summed E-state index contributed by atoms with van der Waals surface area (Å²) in [5, 5.41) is 4.60. The molecule has 1 N–H and O–H groups in total. The van der Waals surface area contributed by atoms with Crippen LogP contribution in [0.2, 0.25) is 0 Å². The highest BCUT2D eigenvalue weighted by Gasteiger charge is 2.23. The Balaban J connectivity index is 1.66. The van der Waals surface area contributed by atoms with Crippen molar-refractivity contribution in [2.24, 2.45) is 0 Å². The molecule has 1 atom stereocenters. The lowest BCUT2D eigenvalue weighted by molar-refractivity contribution is 0.415. The zero-order valence-electron chi connectivity index (χ0n) is 17.1. The number of aryl methyl sites for hydroxylation is 1. The minimum Gasteiger partial charge on any atom is -0.497 e. The first kappa shape index (κ1) is 18.8. The van der Waals surface area contributed by atoms with Crippen molar-refractivity contribution in [3.63, 3.8) is 0 Å². The Morgan fingerprint density at radius 1 is 1.03 bits per heavy atom. The molecule has 5 rings (SSSR count). The molecule has 2 aromatic heterocycles. The number of hydrogen-bond donors (Lipinski definition) is 1. The summed E-state index contributed by atoms with van der Waals surface area (Å²) < 4.78 is 11.7. The van der Waals surface area contributed by atoms with Crippen LogP contribution in [0.1, 0.15) is 25.0 Å². The fourth-order valence-corrected chi connectivity index (χ4v) is 4.32. The summed E-state index contributed by atoms with van der Waals surface area (Å²) in [6.07, 6.45) is 6.08. The van der Waals surface area contributed by atoms with Crippen LogP contribution >= 0.6 is 0 Å². The van der Waals surface area contributed by atoms with Gasteiger partial charge in [0.15, 0.2) is 0 Å². The minimum atomic E-state index is 0.569. The van der Waals surface area contributed by atoms with Gasteiger partial charge in [-0.05, 0) is 49.9 Å². The molecule has 0 aliphatic carbocycles. The van der Waals surface area contributed by atoms with Crippen molar-refractivity contribution >= 4 is 11.1 Å². The molecule has 1 saturated heterocycles. The van der Waals surface area contributed by atoms with Gasteiger partial charge >= 0.3 is 0 Å². The first-order chi connectivity index (χ1) is 14.8. The third-order valence-corrected chi connectivity index (χ3v) is 5.87. The van der Waals surface area contributed by atoms with Gasteiger partial charge in [0.1, 0.15) is 17.8 Å². The quantitative estimate of drug-likeness (QED) is 0.480. The SMILES string of the molecule is COc1ccc(-c2c(-c3ccccc3)oc3ncnc(CCC4CCCN4)c23)cc1. The first-order valence-electron chi connectivity index (χ1n) is 10.5. The molecule has 0 spiro atoms.